The van der Waals surface area contributed by atoms with Crippen molar-refractivity contribution in [1.29, 1.82) is 0 Å². The van der Waals surface area contributed by atoms with Crippen molar-refractivity contribution in [2.45, 2.75) is 32.6 Å². The maximum Gasteiger partial charge on any atom is 0.251 e. The third kappa shape index (κ3) is 4.37. The second kappa shape index (κ2) is 8.31. The molecule has 0 radical (unpaired) electrons. The van der Waals surface area contributed by atoms with Crippen LogP contribution in [0.15, 0.2) is 59.7 Å². The molecule has 148 valence electrons. The van der Waals surface area contributed by atoms with Gasteiger partial charge in [0.15, 0.2) is 0 Å². The number of hydrogen-bond donors (Lipinski definition) is 2. The van der Waals surface area contributed by atoms with Crippen molar-refractivity contribution < 1.29 is 4.79 Å². The molecule has 0 saturated carbocycles. The minimum absolute atomic E-state index is 0.0404. The van der Waals surface area contributed by atoms with Crippen LogP contribution in [0.25, 0.3) is 16.4 Å². The van der Waals surface area contributed by atoms with E-state index < -0.39 is 0 Å². The predicted molar refractivity (Wildman–Crippen MR) is 114 cm³/mol. The van der Waals surface area contributed by atoms with Gasteiger partial charge in [0, 0.05) is 36.7 Å². The number of imidazole rings is 1. The van der Waals surface area contributed by atoms with E-state index in [2.05, 4.69) is 19.7 Å². The summed E-state index contributed by atoms with van der Waals surface area (Å²) in [6.45, 7) is 2.58. The Kier molecular flexibility index (Phi) is 5.42. The van der Waals surface area contributed by atoms with Gasteiger partial charge in [-0.3, -0.25) is 9.59 Å². The fraction of sp³-hybridized carbons (Fsp3) is 0.261. The molecule has 1 amide bonds. The summed E-state index contributed by atoms with van der Waals surface area (Å²) in [5.74, 6) is 0.953. The van der Waals surface area contributed by atoms with E-state index in [1.165, 1.54) is 0 Å². The number of carbonyl (C=O) groups excluding carboxylic acids is 1. The Balaban J connectivity index is 1.27. The molecule has 4 rings (SSSR count). The molecule has 29 heavy (non-hydrogen) atoms. The van der Waals surface area contributed by atoms with Gasteiger partial charge in [0.25, 0.3) is 5.56 Å². The van der Waals surface area contributed by atoms with E-state index >= 15 is 0 Å². The molecular formula is C23H24N4O2. The van der Waals surface area contributed by atoms with E-state index in [-0.39, 0.29) is 11.5 Å². The topological polar surface area (TPSA) is 79.3 Å². The number of carbonyl (C=O) groups is 1. The van der Waals surface area contributed by atoms with Gasteiger partial charge in [0.05, 0.1) is 11.7 Å². The Hall–Kier alpha value is -3.41. The highest BCUT2D eigenvalue weighted by Crippen LogP contribution is 2.14. The van der Waals surface area contributed by atoms with Crippen molar-refractivity contribution in [2.75, 3.05) is 6.54 Å². The van der Waals surface area contributed by atoms with E-state index in [0.717, 1.165) is 40.6 Å². The van der Waals surface area contributed by atoms with Gasteiger partial charge in [0.2, 0.25) is 5.91 Å². The van der Waals surface area contributed by atoms with Crippen LogP contribution >= 0.6 is 0 Å². The molecule has 0 aliphatic heterocycles. The maximum absolute atomic E-state index is 12.3. The van der Waals surface area contributed by atoms with E-state index in [1.807, 2.05) is 61.8 Å². The number of fused-ring (bicyclic) bond motifs is 2. The number of pyridine rings is 2. The molecular weight excluding hydrogens is 364 g/mol. The average Bonchev–Trinajstić information content (AvgIpc) is 3.13. The summed E-state index contributed by atoms with van der Waals surface area (Å²) in [4.78, 5) is 31.8. The van der Waals surface area contributed by atoms with Crippen molar-refractivity contribution in [2.24, 2.45) is 0 Å². The van der Waals surface area contributed by atoms with Gasteiger partial charge in [-0.2, -0.15) is 0 Å². The summed E-state index contributed by atoms with van der Waals surface area (Å²) in [6, 6.07) is 13.8. The number of H-pyrrole nitrogens is 1. The normalized spacial score (nSPS) is 11.2. The lowest BCUT2D eigenvalue weighted by Gasteiger charge is -2.06. The number of rotatable bonds is 7. The minimum Gasteiger partial charge on any atom is -0.356 e. The lowest BCUT2D eigenvalue weighted by molar-refractivity contribution is -0.121. The lowest BCUT2D eigenvalue weighted by atomic mass is 10.1. The standard InChI is InChI=1S/C23H24N4O2/c1-16-7-8-17-14-18(23(29)26-20(17)13-16)9-10-22(28)24-11-4-6-21-25-15-19-5-2-3-12-27(19)21/h2-3,5,7-8,12-15H,4,6,9-11H2,1H3,(H,24,28)(H,26,29). The molecule has 3 aromatic heterocycles. The monoisotopic (exact) mass is 388 g/mol. The first-order valence-corrected chi connectivity index (χ1v) is 9.90. The molecule has 0 spiro atoms. The van der Waals surface area contributed by atoms with Gasteiger partial charge in [-0.15, -0.1) is 0 Å². The third-order valence-electron chi connectivity index (χ3n) is 5.11. The van der Waals surface area contributed by atoms with Crippen LogP contribution in [0.3, 0.4) is 0 Å². The molecule has 0 fully saturated rings. The summed E-state index contributed by atoms with van der Waals surface area (Å²) in [5.41, 5.74) is 3.52. The molecule has 2 N–H and O–H groups in total. The molecule has 0 bridgehead atoms. The number of hydrogen-bond acceptors (Lipinski definition) is 3. The van der Waals surface area contributed by atoms with Crippen molar-refractivity contribution in [3.63, 3.8) is 0 Å². The van der Waals surface area contributed by atoms with Gasteiger partial charge in [-0.05, 0) is 55.0 Å². The molecule has 1 aromatic carbocycles. The highest BCUT2D eigenvalue weighted by molar-refractivity contribution is 5.80. The average molecular weight is 388 g/mol. The van der Waals surface area contributed by atoms with Gasteiger partial charge in [-0.1, -0.05) is 18.2 Å². The van der Waals surface area contributed by atoms with Crippen LogP contribution < -0.4 is 10.9 Å². The van der Waals surface area contributed by atoms with Gasteiger partial charge >= 0.3 is 0 Å². The van der Waals surface area contributed by atoms with Crippen LogP contribution in [0.2, 0.25) is 0 Å². The molecule has 0 atom stereocenters. The highest BCUT2D eigenvalue weighted by atomic mass is 16.1. The SMILES string of the molecule is Cc1ccc2cc(CCC(=O)NCCCc3ncc4ccccn34)c(=O)[nH]c2c1. The van der Waals surface area contributed by atoms with Crippen molar-refractivity contribution in [1.82, 2.24) is 19.7 Å². The zero-order valence-electron chi connectivity index (χ0n) is 16.4. The predicted octanol–water partition coefficient (Wildman–Crippen LogP) is 3.17. The Bertz CT molecular complexity index is 1220. The molecule has 4 aromatic rings. The number of nitrogens with one attached hydrogen (secondary N) is 2. The number of benzene rings is 1. The highest BCUT2D eigenvalue weighted by Gasteiger charge is 2.08. The van der Waals surface area contributed by atoms with Crippen molar-refractivity contribution in [3.8, 4) is 0 Å². The largest absolute Gasteiger partial charge is 0.356 e. The second-order valence-electron chi connectivity index (χ2n) is 7.34. The van der Waals surface area contributed by atoms with E-state index in [4.69, 9.17) is 0 Å². The molecule has 0 aliphatic carbocycles. The Morgan fingerprint density at radius 1 is 1.17 bits per heavy atom. The van der Waals surface area contributed by atoms with Crippen LogP contribution in [0.1, 0.15) is 29.8 Å². The maximum atomic E-state index is 12.3. The van der Waals surface area contributed by atoms with Crippen molar-refractivity contribution in [3.05, 3.63) is 82.2 Å². The van der Waals surface area contributed by atoms with Crippen LogP contribution in [0.4, 0.5) is 0 Å². The van der Waals surface area contributed by atoms with Crippen molar-refractivity contribution >= 4 is 22.3 Å². The fourth-order valence-corrected chi connectivity index (χ4v) is 3.54. The Labute approximate surface area is 168 Å². The fourth-order valence-electron chi connectivity index (χ4n) is 3.54. The molecule has 6 nitrogen and oxygen atoms in total. The summed E-state index contributed by atoms with van der Waals surface area (Å²) in [7, 11) is 0. The first-order chi connectivity index (χ1) is 14.1. The van der Waals surface area contributed by atoms with Crippen LogP contribution in [-0.4, -0.2) is 26.8 Å². The summed E-state index contributed by atoms with van der Waals surface area (Å²) < 4.78 is 2.06. The quantitative estimate of drug-likeness (QED) is 0.477. The summed E-state index contributed by atoms with van der Waals surface area (Å²) >= 11 is 0. The minimum atomic E-state index is -0.123. The van der Waals surface area contributed by atoms with Crippen LogP contribution in [0.5, 0.6) is 0 Å². The lowest BCUT2D eigenvalue weighted by Crippen LogP contribution is -2.26. The Morgan fingerprint density at radius 2 is 2.07 bits per heavy atom. The van der Waals surface area contributed by atoms with Gasteiger partial charge in [-0.25, -0.2) is 4.98 Å². The van der Waals surface area contributed by atoms with Gasteiger partial charge < -0.3 is 14.7 Å². The summed E-state index contributed by atoms with van der Waals surface area (Å²) in [5, 5.41) is 3.92. The Morgan fingerprint density at radius 3 is 2.97 bits per heavy atom. The number of aromatic nitrogens is 3. The van der Waals surface area contributed by atoms with Crippen LogP contribution in [0, 0.1) is 6.92 Å². The van der Waals surface area contributed by atoms with Gasteiger partial charge in [0.1, 0.15) is 5.82 Å². The molecule has 0 unspecified atom stereocenters. The van der Waals surface area contributed by atoms with E-state index in [1.54, 1.807) is 0 Å². The molecule has 6 heteroatoms. The second-order valence-corrected chi connectivity index (χ2v) is 7.34. The smallest absolute Gasteiger partial charge is 0.251 e. The number of aromatic amines is 1. The summed E-state index contributed by atoms with van der Waals surface area (Å²) in [6.07, 6.45) is 6.19. The number of aryl methyl sites for hydroxylation is 3. The van der Waals surface area contributed by atoms with E-state index in [9.17, 15) is 9.59 Å². The molecule has 3 heterocycles. The number of nitrogens with zero attached hydrogens (tertiary/aromatic N) is 2. The zero-order valence-corrected chi connectivity index (χ0v) is 16.4. The number of amides is 1. The van der Waals surface area contributed by atoms with E-state index in [0.29, 0.717) is 24.9 Å². The first kappa shape index (κ1) is 18.9. The molecule has 0 saturated heterocycles. The molecule has 0 aliphatic rings. The van der Waals surface area contributed by atoms with Crippen LogP contribution in [-0.2, 0) is 17.6 Å². The third-order valence-corrected chi connectivity index (χ3v) is 5.11. The first-order valence-electron chi connectivity index (χ1n) is 9.90. The zero-order chi connectivity index (χ0) is 20.2.